The van der Waals surface area contributed by atoms with Gasteiger partial charge in [-0.15, -0.1) is 0 Å². The second-order valence-corrected chi connectivity index (χ2v) is 4.96. The van der Waals surface area contributed by atoms with Crippen LogP contribution in [-0.2, 0) is 6.18 Å². The Labute approximate surface area is 114 Å². The molecular weight excluding hydrogens is 271 g/mol. The molecule has 2 rings (SSSR count). The number of aromatic nitrogens is 1. The van der Waals surface area contributed by atoms with Gasteiger partial charge in [0.05, 0.1) is 5.56 Å². The van der Waals surface area contributed by atoms with Crippen molar-refractivity contribution in [1.29, 1.82) is 0 Å². The third-order valence-electron chi connectivity index (χ3n) is 2.70. The summed E-state index contributed by atoms with van der Waals surface area (Å²) in [5.41, 5.74) is 2.34. The summed E-state index contributed by atoms with van der Waals surface area (Å²) >= 11 is 4.87. The average Bonchev–Trinajstić information content (AvgIpc) is 2.25. The van der Waals surface area contributed by atoms with Crippen LogP contribution in [0.3, 0.4) is 0 Å². The van der Waals surface area contributed by atoms with E-state index in [9.17, 15) is 13.2 Å². The Morgan fingerprint density at radius 3 is 2.05 bits per heavy atom. The normalized spacial score (nSPS) is 11.6. The Morgan fingerprint density at radius 1 is 0.947 bits per heavy atom. The van der Waals surface area contributed by atoms with E-state index in [1.54, 1.807) is 0 Å². The number of nitrogens with one attached hydrogen (secondary N) is 1. The maximum atomic E-state index is 12.8. The van der Waals surface area contributed by atoms with Gasteiger partial charge in [0.15, 0.2) is 0 Å². The summed E-state index contributed by atoms with van der Waals surface area (Å²) in [5.74, 6) is 0. The minimum atomic E-state index is -4.39. The van der Waals surface area contributed by atoms with E-state index in [0.717, 1.165) is 23.3 Å². The average molecular weight is 283 g/mol. The van der Waals surface area contributed by atoms with Gasteiger partial charge in [0, 0.05) is 5.69 Å². The van der Waals surface area contributed by atoms with Crippen molar-refractivity contribution in [2.75, 3.05) is 0 Å². The maximum Gasteiger partial charge on any atom is 0.416 e. The Bertz CT molecular complexity index is 651. The number of halogens is 3. The lowest BCUT2D eigenvalue weighted by molar-refractivity contribution is -0.137. The lowest BCUT2D eigenvalue weighted by atomic mass is 10.0. The van der Waals surface area contributed by atoms with Crippen LogP contribution in [0.2, 0.25) is 0 Å². The van der Waals surface area contributed by atoms with Crippen molar-refractivity contribution in [3.8, 4) is 11.3 Å². The molecule has 100 valence electrons. The predicted octanol–water partition coefficient (Wildman–Crippen LogP) is 5.05. The van der Waals surface area contributed by atoms with Crippen LogP contribution in [0.5, 0.6) is 0 Å². The van der Waals surface area contributed by atoms with Crippen LogP contribution in [0, 0.1) is 18.5 Å². The first-order valence-corrected chi connectivity index (χ1v) is 6.07. The maximum absolute atomic E-state index is 12.8. The fraction of sp³-hybridized carbons (Fsp3) is 0.214. The number of pyridine rings is 1. The first-order valence-electron chi connectivity index (χ1n) is 5.66. The predicted molar refractivity (Wildman–Crippen MR) is 71.5 cm³/mol. The SMILES string of the molecule is Cc1cc(C)cc(-c2cc(C(F)(F)F)cc(=S)[nH]2)c1. The highest BCUT2D eigenvalue weighted by atomic mass is 32.1. The van der Waals surface area contributed by atoms with Gasteiger partial charge >= 0.3 is 6.18 Å². The zero-order chi connectivity index (χ0) is 14.2. The van der Waals surface area contributed by atoms with Crippen molar-refractivity contribution < 1.29 is 13.2 Å². The highest BCUT2D eigenvalue weighted by molar-refractivity contribution is 7.71. The van der Waals surface area contributed by atoms with Crippen LogP contribution in [-0.4, -0.2) is 4.98 Å². The third-order valence-corrected chi connectivity index (χ3v) is 2.92. The molecule has 0 unspecified atom stereocenters. The van der Waals surface area contributed by atoms with Crippen LogP contribution in [0.1, 0.15) is 16.7 Å². The number of rotatable bonds is 1. The molecule has 1 aromatic heterocycles. The van der Waals surface area contributed by atoms with Gasteiger partial charge < -0.3 is 4.98 Å². The summed E-state index contributed by atoms with van der Waals surface area (Å²) in [6.07, 6.45) is -4.39. The Kier molecular flexibility index (Phi) is 3.49. The first-order chi connectivity index (χ1) is 8.75. The number of aryl methyl sites for hydroxylation is 2. The van der Waals surface area contributed by atoms with Gasteiger partial charge in [0.25, 0.3) is 0 Å². The summed E-state index contributed by atoms with van der Waals surface area (Å²) in [5, 5.41) is 0. The van der Waals surface area contributed by atoms with E-state index in [2.05, 4.69) is 4.98 Å². The summed E-state index contributed by atoms with van der Waals surface area (Å²) in [6, 6.07) is 7.64. The van der Waals surface area contributed by atoms with Crippen molar-refractivity contribution in [3.63, 3.8) is 0 Å². The Balaban J connectivity index is 2.63. The van der Waals surface area contributed by atoms with Gasteiger partial charge in [0.1, 0.15) is 4.64 Å². The molecule has 19 heavy (non-hydrogen) atoms. The molecule has 1 heterocycles. The van der Waals surface area contributed by atoms with Gasteiger partial charge in [-0.1, -0.05) is 29.4 Å². The molecule has 0 fully saturated rings. The molecular formula is C14H12F3NS. The van der Waals surface area contributed by atoms with Gasteiger partial charge in [-0.3, -0.25) is 0 Å². The molecule has 0 aliphatic carbocycles. The standard InChI is InChI=1S/C14H12F3NS/c1-8-3-9(2)5-10(4-8)12-6-11(14(15,16)17)7-13(19)18-12/h3-7H,1-2H3,(H,18,19). The van der Waals surface area contributed by atoms with E-state index in [1.807, 2.05) is 32.0 Å². The summed E-state index contributed by atoms with van der Waals surface area (Å²) in [7, 11) is 0. The minimum absolute atomic E-state index is 0.0731. The number of H-pyrrole nitrogens is 1. The Hall–Kier alpha value is -1.62. The minimum Gasteiger partial charge on any atom is -0.346 e. The second-order valence-electron chi connectivity index (χ2n) is 4.52. The molecule has 0 saturated carbocycles. The number of aromatic amines is 1. The van der Waals surface area contributed by atoms with Gasteiger partial charge in [-0.05, 0) is 43.7 Å². The van der Waals surface area contributed by atoms with Gasteiger partial charge in [0.2, 0.25) is 0 Å². The zero-order valence-corrected chi connectivity index (χ0v) is 11.2. The van der Waals surface area contributed by atoms with E-state index in [4.69, 9.17) is 12.2 Å². The smallest absolute Gasteiger partial charge is 0.346 e. The molecule has 0 saturated heterocycles. The summed E-state index contributed by atoms with van der Waals surface area (Å²) in [6.45, 7) is 3.80. The van der Waals surface area contributed by atoms with Crippen LogP contribution < -0.4 is 0 Å². The topological polar surface area (TPSA) is 15.8 Å². The highest BCUT2D eigenvalue weighted by Crippen LogP contribution is 2.31. The van der Waals surface area contributed by atoms with Crippen molar-refractivity contribution >= 4 is 12.2 Å². The lowest BCUT2D eigenvalue weighted by Gasteiger charge is -2.10. The monoisotopic (exact) mass is 283 g/mol. The molecule has 0 radical (unpaired) electrons. The van der Waals surface area contributed by atoms with Crippen molar-refractivity contribution in [1.82, 2.24) is 4.98 Å². The van der Waals surface area contributed by atoms with Crippen LogP contribution >= 0.6 is 12.2 Å². The quantitative estimate of drug-likeness (QED) is 0.724. The van der Waals surface area contributed by atoms with E-state index in [0.29, 0.717) is 11.3 Å². The molecule has 1 N–H and O–H groups in total. The van der Waals surface area contributed by atoms with Crippen molar-refractivity contribution in [3.05, 3.63) is 51.7 Å². The van der Waals surface area contributed by atoms with Crippen molar-refractivity contribution in [2.24, 2.45) is 0 Å². The number of hydrogen-bond donors (Lipinski definition) is 1. The van der Waals surface area contributed by atoms with E-state index in [1.165, 1.54) is 0 Å². The zero-order valence-electron chi connectivity index (χ0n) is 10.4. The van der Waals surface area contributed by atoms with Crippen LogP contribution in [0.15, 0.2) is 30.3 Å². The molecule has 5 heteroatoms. The molecule has 1 aromatic carbocycles. The summed E-state index contributed by atoms with van der Waals surface area (Å²) < 4.78 is 38.4. The van der Waals surface area contributed by atoms with E-state index in [-0.39, 0.29) is 4.64 Å². The molecule has 1 nitrogen and oxygen atoms in total. The van der Waals surface area contributed by atoms with Gasteiger partial charge in [-0.25, -0.2) is 0 Å². The molecule has 0 aliphatic rings. The van der Waals surface area contributed by atoms with Crippen LogP contribution in [0.4, 0.5) is 13.2 Å². The molecule has 0 aliphatic heterocycles. The van der Waals surface area contributed by atoms with Crippen LogP contribution in [0.25, 0.3) is 11.3 Å². The fourth-order valence-corrected chi connectivity index (χ4v) is 2.23. The number of hydrogen-bond acceptors (Lipinski definition) is 1. The van der Waals surface area contributed by atoms with Gasteiger partial charge in [-0.2, -0.15) is 13.2 Å². The molecule has 0 bridgehead atoms. The van der Waals surface area contributed by atoms with E-state index >= 15 is 0 Å². The Morgan fingerprint density at radius 2 is 1.53 bits per heavy atom. The molecule has 2 aromatic rings. The highest BCUT2D eigenvalue weighted by Gasteiger charge is 2.31. The number of alkyl halides is 3. The molecule has 0 atom stereocenters. The summed E-state index contributed by atoms with van der Waals surface area (Å²) in [4.78, 5) is 2.81. The lowest BCUT2D eigenvalue weighted by Crippen LogP contribution is -2.05. The molecule has 0 amide bonds. The largest absolute Gasteiger partial charge is 0.416 e. The van der Waals surface area contributed by atoms with E-state index < -0.39 is 11.7 Å². The third kappa shape index (κ3) is 3.23. The second kappa shape index (κ2) is 4.81. The molecule has 0 spiro atoms. The number of benzene rings is 1. The fourth-order valence-electron chi connectivity index (χ4n) is 1.99. The first kappa shape index (κ1) is 13.8. The van der Waals surface area contributed by atoms with Crippen molar-refractivity contribution in [2.45, 2.75) is 20.0 Å².